The number of carbonyl (C=O) groups excluding carboxylic acids is 2. The Kier molecular flexibility index (Phi) is 6.86. The Labute approximate surface area is 174 Å². The lowest BCUT2D eigenvalue weighted by Gasteiger charge is -2.18. The van der Waals surface area contributed by atoms with Gasteiger partial charge in [0.05, 0.1) is 24.3 Å². The normalized spacial score (nSPS) is 16.6. The molecule has 1 fully saturated rings. The van der Waals surface area contributed by atoms with Crippen molar-refractivity contribution in [3.8, 4) is 0 Å². The van der Waals surface area contributed by atoms with Crippen LogP contribution in [0.5, 0.6) is 0 Å². The molecule has 1 saturated heterocycles. The van der Waals surface area contributed by atoms with Gasteiger partial charge in [0.15, 0.2) is 0 Å². The van der Waals surface area contributed by atoms with Crippen LogP contribution >= 0.6 is 15.9 Å². The summed E-state index contributed by atoms with van der Waals surface area (Å²) in [6.45, 7) is 5.33. The molecule has 1 heterocycles. The number of amides is 2. The first-order chi connectivity index (χ1) is 13.5. The summed E-state index contributed by atoms with van der Waals surface area (Å²) in [5.74, 6) is -0.473. The summed E-state index contributed by atoms with van der Waals surface area (Å²) < 4.78 is 6.55. The van der Waals surface area contributed by atoms with Gasteiger partial charge in [-0.05, 0) is 53.0 Å². The van der Waals surface area contributed by atoms with E-state index in [2.05, 4.69) is 21.2 Å². The summed E-state index contributed by atoms with van der Waals surface area (Å²) in [7, 11) is 0. The fraction of sp³-hybridized carbons (Fsp3) is 0.364. The molecule has 0 spiro atoms. The van der Waals surface area contributed by atoms with Gasteiger partial charge in [-0.1, -0.05) is 36.4 Å². The number of halogens is 1. The minimum absolute atomic E-state index is 0.0298. The van der Waals surface area contributed by atoms with Crippen molar-refractivity contribution in [2.45, 2.75) is 39.5 Å². The van der Waals surface area contributed by atoms with Crippen molar-refractivity contribution in [1.82, 2.24) is 5.32 Å². The van der Waals surface area contributed by atoms with Crippen LogP contribution in [0.25, 0.3) is 0 Å². The molecule has 2 aromatic carbocycles. The van der Waals surface area contributed by atoms with E-state index in [0.717, 1.165) is 21.3 Å². The summed E-state index contributed by atoms with van der Waals surface area (Å²) in [6.07, 6.45) is 0.376. The van der Waals surface area contributed by atoms with Crippen LogP contribution in [-0.4, -0.2) is 24.5 Å². The first-order valence-electron chi connectivity index (χ1n) is 9.46. The van der Waals surface area contributed by atoms with Crippen LogP contribution in [0.15, 0.2) is 53.0 Å². The van der Waals surface area contributed by atoms with Crippen molar-refractivity contribution in [2.24, 2.45) is 5.92 Å². The molecule has 2 amide bonds. The number of nitrogens with zero attached hydrogens (tertiary/aromatic N) is 1. The Morgan fingerprint density at radius 3 is 2.57 bits per heavy atom. The molecule has 0 bridgehead atoms. The van der Waals surface area contributed by atoms with Crippen molar-refractivity contribution in [3.05, 3.63) is 64.1 Å². The average molecular weight is 445 g/mol. The van der Waals surface area contributed by atoms with E-state index in [1.807, 2.05) is 62.4 Å². The maximum absolute atomic E-state index is 12.7. The number of nitrogens with one attached hydrogen (secondary N) is 1. The van der Waals surface area contributed by atoms with Gasteiger partial charge in [0.1, 0.15) is 0 Å². The molecule has 0 saturated carbocycles. The van der Waals surface area contributed by atoms with E-state index in [-0.39, 0.29) is 30.3 Å². The number of carbonyl (C=O) groups is 2. The van der Waals surface area contributed by atoms with Crippen LogP contribution in [0.2, 0.25) is 0 Å². The molecule has 6 heteroatoms. The number of benzene rings is 2. The fourth-order valence-electron chi connectivity index (χ4n) is 3.24. The van der Waals surface area contributed by atoms with Crippen molar-refractivity contribution in [1.29, 1.82) is 0 Å². The van der Waals surface area contributed by atoms with Crippen molar-refractivity contribution < 1.29 is 14.3 Å². The number of hydrogen-bond acceptors (Lipinski definition) is 3. The molecule has 1 aliphatic heterocycles. The number of rotatable bonds is 7. The SMILES string of the molecule is CC(C)OCc1ccccc1CNC(=O)C1CC(=O)N(c2ccccc2Br)C1. The molecule has 0 radical (unpaired) electrons. The van der Waals surface area contributed by atoms with E-state index in [0.29, 0.717) is 19.7 Å². The second-order valence-electron chi connectivity index (χ2n) is 7.20. The highest BCUT2D eigenvalue weighted by atomic mass is 79.9. The molecular formula is C22H25BrN2O3. The Balaban J connectivity index is 1.61. The van der Waals surface area contributed by atoms with Gasteiger partial charge in [-0.15, -0.1) is 0 Å². The van der Waals surface area contributed by atoms with E-state index < -0.39 is 0 Å². The second kappa shape index (κ2) is 9.34. The zero-order valence-electron chi connectivity index (χ0n) is 16.2. The Morgan fingerprint density at radius 2 is 1.86 bits per heavy atom. The summed E-state index contributed by atoms with van der Waals surface area (Å²) in [4.78, 5) is 26.8. The largest absolute Gasteiger partial charge is 0.374 e. The van der Waals surface area contributed by atoms with Gasteiger partial charge in [0.2, 0.25) is 11.8 Å². The number of para-hydroxylation sites is 1. The Morgan fingerprint density at radius 1 is 1.18 bits per heavy atom. The van der Waals surface area contributed by atoms with Crippen LogP contribution in [0.3, 0.4) is 0 Å². The van der Waals surface area contributed by atoms with Gasteiger partial charge in [-0.2, -0.15) is 0 Å². The minimum Gasteiger partial charge on any atom is -0.374 e. The molecule has 148 valence electrons. The van der Waals surface area contributed by atoms with Gasteiger partial charge >= 0.3 is 0 Å². The van der Waals surface area contributed by atoms with Crippen molar-refractivity contribution in [3.63, 3.8) is 0 Å². The summed E-state index contributed by atoms with van der Waals surface area (Å²) in [5.41, 5.74) is 2.90. The third-order valence-corrected chi connectivity index (χ3v) is 5.45. The van der Waals surface area contributed by atoms with Crippen LogP contribution < -0.4 is 10.2 Å². The highest BCUT2D eigenvalue weighted by Gasteiger charge is 2.35. The quantitative estimate of drug-likeness (QED) is 0.700. The lowest BCUT2D eigenvalue weighted by atomic mass is 10.1. The predicted molar refractivity (Wildman–Crippen MR) is 113 cm³/mol. The monoisotopic (exact) mass is 444 g/mol. The van der Waals surface area contributed by atoms with E-state index in [1.54, 1.807) is 4.90 Å². The Bertz CT molecular complexity index is 853. The molecule has 0 aliphatic carbocycles. The van der Waals surface area contributed by atoms with E-state index in [4.69, 9.17) is 4.74 Å². The fourth-order valence-corrected chi connectivity index (χ4v) is 3.74. The maximum Gasteiger partial charge on any atom is 0.227 e. The van der Waals surface area contributed by atoms with Crippen molar-refractivity contribution in [2.75, 3.05) is 11.4 Å². The molecule has 1 N–H and O–H groups in total. The predicted octanol–water partition coefficient (Wildman–Crippen LogP) is 4.04. The minimum atomic E-state index is -0.348. The molecule has 0 aromatic heterocycles. The lowest BCUT2D eigenvalue weighted by Crippen LogP contribution is -2.33. The molecular weight excluding hydrogens is 420 g/mol. The van der Waals surface area contributed by atoms with Crippen LogP contribution in [-0.2, 0) is 27.5 Å². The van der Waals surface area contributed by atoms with Gasteiger partial charge < -0.3 is 15.0 Å². The molecule has 1 atom stereocenters. The second-order valence-corrected chi connectivity index (χ2v) is 8.06. The van der Waals surface area contributed by atoms with Crippen LogP contribution in [0.4, 0.5) is 5.69 Å². The number of hydrogen-bond donors (Lipinski definition) is 1. The molecule has 5 nitrogen and oxygen atoms in total. The molecule has 3 rings (SSSR count). The third kappa shape index (κ3) is 5.00. The first-order valence-corrected chi connectivity index (χ1v) is 10.3. The summed E-state index contributed by atoms with van der Waals surface area (Å²) >= 11 is 3.48. The highest BCUT2D eigenvalue weighted by Crippen LogP contribution is 2.31. The third-order valence-electron chi connectivity index (χ3n) is 4.78. The summed E-state index contributed by atoms with van der Waals surface area (Å²) in [5, 5.41) is 2.99. The van der Waals surface area contributed by atoms with Crippen LogP contribution in [0, 0.1) is 5.92 Å². The Hall–Kier alpha value is -2.18. The molecule has 1 aliphatic rings. The van der Waals surface area contributed by atoms with E-state index in [1.165, 1.54) is 0 Å². The number of anilines is 1. The van der Waals surface area contributed by atoms with E-state index in [9.17, 15) is 9.59 Å². The topological polar surface area (TPSA) is 58.6 Å². The zero-order valence-corrected chi connectivity index (χ0v) is 17.7. The standard InChI is InChI=1S/C22H25BrN2O3/c1-15(2)28-14-17-8-4-3-7-16(17)12-24-22(27)18-11-21(26)25(13-18)20-10-6-5-9-19(20)23/h3-10,15,18H,11-14H2,1-2H3,(H,24,27). The van der Waals surface area contributed by atoms with Crippen LogP contribution in [0.1, 0.15) is 31.4 Å². The lowest BCUT2D eigenvalue weighted by molar-refractivity contribution is -0.126. The van der Waals surface area contributed by atoms with Gasteiger partial charge in [-0.25, -0.2) is 0 Å². The molecule has 1 unspecified atom stereocenters. The van der Waals surface area contributed by atoms with Gasteiger partial charge in [-0.3, -0.25) is 9.59 Å². The zero-order chi connectivity index (χ0) is 20.1. The molecule has 2 aromatic rings. The summed E-state index contributed by atoms with van der Waals surface area (Å²) in [6, 6.07) is 15.5. The maximum atomic E-state index is 12.7. The smallest absolute Gasteiger partial charge is 0.227 e. The van der Waals surface area contributed by atoms with Gasteiger partial charge in [0, 0.05) is 24.0 Å². The number of ether oxygens (including phenoxy) is 1. The highest BCUT2D eigenvalue weighted by molar-refractivity contribution is 9.10. The first kappa shape index (κ1) is 20.6. The van der Waals surface area contributed by atoms with E-state index >= 15 is 0 Å². The van der Waals surface area contributed by atoms with Gasteiger partial charge in [0.25, 0.3) is 0 Å². The van der Waals surface area contributed by atoms with Crippen molar-refractivity contribution >= 4 is 33.4 Å². The average Bonchev–Trinajstić information content (AvgIpc) is 3.07. The molecule has 28 heavy (non-hydrogen) atoms.